The first-order valence-electron chi connectivity index (χ1n) is 9.58. The Morgan fingerprint density at radius 3 is 2.74 bits per heavy atom. The van der Waals surface area contributed by atoms with E-state index < -0.39 is 0 Å². The molecule has 0 aromatic carbocycles. The third-order valence-corrected chi connectivity index (χ3v) is 6.10. The minimum absolute atomic E-state index is 0.00657. The van der Waals surface area contributed by atoms with Gasteiger partial charge < -0.3 is 14.8 Å². The smallest absolute Gasteiger partial charge is 0.311 e. The highest BCUT2D eigenvalue weighted by atomic mass is 35.5. The summed E-state index contributed by atoms with van der Waals surface area (Å²) in [6.07, 6.45) is 4.44. The number of carbonyl (C=O) groups excluding carboxylic acids is 1. The molecule has 8 heteroatoms. The van der Waals surface area contributed by atoms with E-state index in [1.807, 2.05) is 19.1 Å². The summed E-state index contributed by atoms with van der Waals surface area (Å²) in [7, 11) is 1.64. The summed E-state index contributed by atoms with van der Waals surface area (Å²) in [5.41, 5.74) is 1.72. The molecule has 2 heterocycles. The Morgan fingerprint density at radius 2 is 2.04 bits per heavy atom. The second-order valence-corrected chi connectivity index (χ2v) is 7.75. The molecule has 2 aromatic heterocycles. The molecule has 0 aliphatic heterocycles. The van der Waals surface area contributed by atoms with E-state index in [2.05, 4.69) is 15.4 Å². The first-order chi connectivity index (χ1) is 13.1. The molecule has 2 atom stereocenters. The molecule has 0 unspecified atom stereocenters. The van der Waals surface area contributed by atoms with Gasteiger partial charge in [0.15, 0.2) is 5.82 Å². The third kappa shape index (κ3) is 3.38. The maximum absolute atomic E-state index is 12.7. The molecule has 3 aliphatic carbocycles. The van der Waals surface area contributed by atoms with Crippen LogP contribution in [0.2, 0.25) is 5.28 Å². The summed E-state index contributed by atoms with van der Waals surface area (Å²) in [6, 6.07) is 3.91. The molecular weight excluding hydrogens is 368 g/mol. The summed E-state index contributed by atoms with van der Waals surface area (Å²) < 4.78 is 12.4. The number of aromatic nitrogens is 3. The normalized spacial score (nSPS) is 27.1. The van der Waals surface area contributed by atoms with Crippen LogP contribution in [0.5, 0.6) is 0 Å². The number of fused-ring (bicyclic) bond motifs is 4. The number of nitrogens with one attached hydrogen (secondary N) is 1. The van der Waals surface area contributed by atoms with Crippen molar-refractivity contribution in [3.05, 3.63) is 23.1 Å². The quantitative estimate of drug-likeness (QED) is 0.760. The van der Waals surface area contributed by atoms with Gasteiger partial charge in [-0.2, -0.15) is 4.98 Å². The highest BCUT2D eigenvalue weighted by Gasteiger charge is 2.48. The van der Waals surface area contributed by atoms with E-state index in [4.69, 9.17) is 21.1 Å². The van der Waals surface area contributed by atoms with E-state index in [-0.39, 0.29) is 23.2 Å². The van der Waals surface area contributed by atoms with Gasteiger partial charge in [-0.15, -0.1) is 5.10 Å². The largest absolute Gasteiger partial charge is 0.466 e. The van der Waals surface area contributed by atoms with Crippen LogP contribution in [0, 0.1) is 17.8 Å². The van der Waals surface area contributed by atoms with Gasteiger partial charge in [-0.25, -0.2) is 4.52 Å². The topological polar surface area (TPSA) is 77.8 Å². The molecule has 0 spiro atoms. The number of rotatable bonds is 6. The predicted molar refractivity (Wildman–Crippen MR) is 102 cm³/mol. The number of carbonyl (C=O) groups is 1. The van der Waals surface area contributed by atoms with Crippen LogP contribution >= 0.6 is 11.6 Å². The Labute approximate surface area is 163 Å². The number of halogens is 1. The number of nitrogens with zero attached hydrogens (tertiary/aromatic N) is 3. The van der Waals surface area contributed by atoms with Crippen molar-refractivity contribution in [3.63, 3.8) is 0 Å². The van der Waals surface area contributed by atoms with Crippen molar-refractivity contribution in [2.75, 3.05) is 19.0 Å². The van der Waals surface area contributed by atoms with Crippen LogP contribution in [-0.2, 0) is 20.9 Å². The molecule has 2 bridgehead atoms. The van der Waals surface area contributed by atoms with Crippen molar-refractivity contribution < 1.29 is 14.3 Å². The summed E-state index contributed by atoms with van der Waals surface area (Å²) in [5, 5.41) is 8.00. The zero-order chi connectivity index (χ0) is 19.0. The number of methoxy groups -OCH3 is 1. The number of hydrogen-bond acceptors (Lipinski definition) is 6. The molecule has 146 valence electrons. The number of anilines is 1. The van der Waals surface area contributed by atoms with Gasteiger partial charge in [-0.3, -0.25) is 4.79 Å². The van der Waals surface area contributed by atoms with Gasteiger partial charge in [0.2, 0.25) is 5.28 Å². The molecule has 7 nitrogen and oxygen atoms in total. The lowest BCUT2D eigenvalue weighted by Crippen LogP contribution is -2.52. The van der Waals surface area contributed by atoms with E-state index in [0.717, 1.165) is 36.9 Å². The molecule has 2 aromatic rings. The van der Waals surface area contributed by atoms with Crippen LogP contribution < -0.4 is 5.32 Å². The first-order valence-corrected chi connectivity index (χ1v) is 9.96. The second-order valence-electron chi connectivity index (χ2n) is 7.41. The van der Waals surface area contributed by atoms with Gasteiger partial charge in [-0.05, 0) is 68.2 Å². The number of ether oxygens (including phenoxy) is 2. The van der Waals surface area contributed by atoms with E-state index in [9.17, 15) is 4.79 Å². The standard InChI is InChI=1S/C19H25ClN4O3/c1-3-27-18(25)15-11-4-6-12(7-5-11)16(15)21-17-14-9-8-13(10-26-2)24(14)23-19(20)22-17/h8-9,11-12,15-16H,3-7,10H2,1-2H3,(H,21,22,23)/t11?,12?,15-,16-/m1/s1. The minimum Gasteiger partial charge on any atom is -0.466 e. The molecule has 27 heavy (non-hydrogen) atoms. The number of esters is 1. The van der Waals surface area contributed by atoms with Crippen LogP contribution in [-0.4, -0.2) is 40.3 Å². The molecular formula is C19H25ClN4O3. The fourth-order valence-electron chi connectivity index (χ4n) is 4.78. The maximum Gasteiger partial charge on any atom is 0.311 e. The Balaban J connectivity index is 1.68. The van der Waals surface area contributed by atoms with Crippen molar-refractivity contribution in [2.24, 2.45) is 17.8 Å². The van der Waals surface area contributed by atoms with Gasteiger partial charge in [0.25, 0.3) is 0 Å². The van der Waals surface area contributed by atoms with Crippen molar-refractivity contribution in [1.29, 1.82) is 0 Å². The van der Waals surface area contributed by atoms with Crippen molar-refractivity contribution >= 4 is 28.9 Å². The molecule has 3 aliphatic rings. The molecule has 0 saturated heterocycles. The lowest BCUT2D eigenvalue weighted by molar-refractivity contribution is -0.154. The molecule has 3 fully saturated rings. The SMILES string of the molecule is CCOC(=O)[C@@H]1C2CCC(CC2)[C@H]1Nc1nc(Cl)nn2c(COC)ccc12. The summed E-state index contributed by atoms with van der Waals surface area (Å²) in [5.74, 6) is 1.22. The molecule has 5 rings (SSSR count). The minimum atomic E-state index is -0.139. The zero-order valence-corrected chi connectivity index (χ0v) is 16.4. The summed E-state index contributed by atoms with van der Waals surface area (Å²) in [4.78, 5) is 17.1. The second kappa shape index (κ2) is 7.64. The zero-order valence-electron chi connectivity index (χ0n) is 15.7. The Morgan fingerprint density at radius 1 is 1.30 bits per heavy atom. The lowest BCUT2D eigenvalue weighted by Gasteiger charge is -2.47. The molecule has 0 radical (unpaired) electrons. The highest BCUT2D eigenvalue weighted by Crippen LogP contribution is 2.47. The van der Waals surface area contributed by atoms with E-state index >= 15 is 0 Å². The maximum atomic E-state index is 12.7. The van der Waals surface area contributed by atoms with Crippen molar-refractivity contribution in [2.45, 2.75) is 45.3 Å². The predicted octanol–water partition coefficient (Wildman–Crippen LogP) is 3.31. The van der Waals surface area contributed by atoms with Gasteiger partial charge in [0.1, 0.15) is 5.52 Å². The van der Waals surface area contributed by atoms with Crippen LogP contribution in [0.3, 0.4) is 0 Å². The highest BCUT2D eigenvalue weighted by molar-refractivity contribution is 6.28. The fraction of sp³-hybridized carbons (Fsp3) is 0.632. The van der Waals surface area contributed by atoms with E-state index in [1.165, 1.54) is 0 Å². The number of hydrogen-bond donors (Lipinski definition) is 1. The van der Waals surface area contributed by atoms with E-state index in [1.54, 1.807) is 11.6 Å². The van der Waals surface area contributed by atoms with Gasteiger partial charge >= 0.3 is 5.97 Å². The van der Waals surface area contributed by atoms with Crippen LogP contribution in [0.25, 0.3) is 5.52 Å². The summed E-state index contributed by atoms with van der Waals surface area (Å²) in [6.45, 7) is 2.69. The van der Waals surface area contributed by atoms with Crippen molar-refractivity contribution in [3.8, 4) is 0 Å². The molecule has 1 N–H and O–H groups in total. The van der Waals surface area contributed by atoms with Crippen molar-refractivity contribution in [1.82, 2.24) is 14.6 Å². The van der Waals surface area contributed by atoms with Crippen LogP contribution in [0.4, 0.5) is 5.82 Å². The average molecular weight is 393 g/mol. The van der Waals surface area contributed by atoms with Crippen LogP contribution in [0.15, 0.2) is 12.1 Å². The van der Waals surface area contributed by atoms with Gasteiger partial charge in [0.05, 0.1) is 24.8 Å². The lowest BCUT2D eigenvalue weighted by atomic mass is 9.61. The Kier molecular flexibility index (Phi) is 5.23. The molecule has 3 saturated carbocycles. The third-order valence-electron chi connectivity index (χ3n) is 5.94. The molecule has 0 amide bonds. The fourth-order valence-corrected chi connectivity index (χ4v) is 4.94. The monoisotopic (exact) mass is 392 g/mol. The van der Waals surface area contributed by atoms with Crippen LogP contribution in [0.1, 0.15) is 38.3 Å². The van der Waals surface area contributed by atoms with E-state index in [0.29, 0.717) is 30.9 Å². The van der Waals surface area contributed by atoms with Gasteiger partial charge in [0, 0.05) is 13.2 Å². The average Bonchev–Trinajstić information content (AvgIpc) is 3.06. The summed E-state index contributed by atoms with van der Waals surface area (Å²) >= 11 is 6.18. The Hall–Kier alpha value is -1.86. The Bertz CT molecular complexity index is 832. The van der Waals surface area contributed by atoms with Gasteiger partial charge in [-0.1, -0.05) is 0 Å². The first kappa shape index (κ1) is 18.5.